The molecule has 3 heterocycles. The van der Waals surface area contributed by atoms with E-state index in [-0.39, 0.29) is 30.9 Å². The summed E-state index contributed by atoms with van der Waals surface area (Å²) in [6, 6.07) is 4.41. The Morgan fingerprint density at radius 3 is 2.44 bits per heavy atom. The Labute approximate surface area is 245 Å². The van der Waals surface area contributed by atoms with Gasteiger partial charge in [0.2, 0.25) is 11.8 Å². The number of amides is 3. The van der Waals surface area contributed by atoms with Gasteiger partial charge < -0.3 is 24.5 Å². The van der Waals surface area contributed by atoms with E-state index in [2.05, 4.69) is 13.2 Å². The third-order valence-electron chi connectivity index (χ3n) is 9.58. The molecular formula is C33H47N3O5. The molecule has 0 saturated carbocycles. The average Bonchev–Trinajstić information content (AvgIpc) is 3.57. The molecular weight excluding hydrogens is 518 g/mol. The predicted molar refractivity (Wildman–Crippen MR) is 160 cm³/mol. The maximum Gasteiger partial charge on any atom is 0.253 e. The molecule has 2 unspecified atom stereocenters. The number of carbonyl (C=O) groups excluding carboxylic acids is 3. The van der Waals surface area contributed by atoms with Crippen LogP contribution in [0.2, 0.25) is 0 Å². The van der Waals surface area contributed by atoms with Gasteiger partial charge >= 0.3 is 0 Å². The van der Waals surface area contributed by atoms with Gasteiger partial charge in [-0.25, -0.2) is 0 Å². The van der Waals surface area contributed by atoms with Crippen molar-refractivity contribution in [3.8, 4) is 0 Å². The second-order valence-corrected chi connectivity index (χ2v) is 11.9. The zero-order valence-electron chi connectivity index (χ0n) is 25.4. The first-order valence-corrected chi connectivity index (χ1v) is 15.1. The van der Waals surface area contributed by atoms with Gasteiger partial charge in [0.1, 0.15) is 11.6 Å². The zero-order valence-corrected chi connectivity index (χ0v) is 25.4. The van der Waals surface area contributed by atoms with E-state index in [9.17, 15) is 19.5 Å². The monoisotopic (exact) mass is 565 g/mol. The van der Waals surface area contributed by atoms with Crippen LogP contribution >= 0.6 is 0 Å². The lowest BCUT2D eigenvalue weighted by Crippen LogP contribution is -2.59. The van der Waals surface area contributed by atoms with Crippen molar-refractivity contribution < 1.29 is 24.2 Å². The number of carbonyl (C=O) groups is 3. The van der Waals surface area contributed by atoms with Crippen LogP contribution in [0.3, 0.4) is 0 Å². The highest BCUT2D eigenvalue weighted by Crippen LogP contribution is 2.65. The van der Waals surface area contributed by atoms with E-state index in [0.717, 1.165) is 23.2 Å². The van der Waals surface area contributed by atoms with Crippen LogP contribution in [0.1, 0.15) is 64.0 Å². The molecule has 0 aliphatic carbocycles. The SMILES string of the molecule is C=CCN(CCC)C(=O)[C@H]1[C@H]2C(=O)N([C@@H](CC)CO)C(C(=O)N(CC=C)c3cc(C)ccc3C)C23CC[C@]1(CC)O3. The molecule has 0 aromatic heterocycles. The Morgan fingerprint density at radius 1 is 1.15 bits per heavy atom. The van der Waals surface area contributed by atoms with E-state index >= 15 is 0 Å². The second kappa shape index (κ2) is 12.1. The molecule has 0 radical (unpaired) electrons. The maximum atomic E-state index is 14.8. The molecule has 8 heteroatoms. The van der Waals surface area contributed by atoms with E-state index in [1.807, 2.05) is 52.8 Å². The minimum absolute atomic E-state index is 0.115. The molecule has 3 aliphatic heterocycles. The maximum absolute atomic E-state index is 14.8. The number of aliphatic hydroxyl groups is 1. The molecule has 1 N–H and O–H groups in total. The number of anilines is 1. The fourth-order valence-corrected chi connectivity index (χ4v) is 7.63. The van der Waals surface area contributed by atoms with Gasteiger partial charge in [-0.3, -0.25) is 14.4 Å². The number of fused-ring (bicyclic) bond motifs is 1. The normalized spacial score (nSPS) is 28.9. The van der Waals surface area contributed by atoms with Gasteiger partial charge in [-0.15, -0.1) is 13.2 Å². The van der Waals surface area contributed by atoms with Crippen molar-refractivity contribution in [3.63, 3.8) is 0 Å². The molecule has 4 rings (SSSR count). The van der Waals surface area contributed by atoms with Gasteiger partial charge in [-0.2, -0.15) is 0 Å². The Morgan fingerprint density at radius 2 is 1.85 bits per heavy atom. The predicted octanol–water partition coefficient (Wildman–Crippen LogP) is 4.17. The highest BCUT2D eigenvalue weighted by Gasteiger charge is 2.79. The number of rotatable bonds is 13. The lowest BCUT2D eigenvalue weighted by molar-refractivity contribution is -0.153. The van der Waals surface area contributed by atoms with Crippen LogP contribution < -0.4 is 4.90 Å². The molecule has 224 valence electrons. The molecule has 6 atom stereocenters. The van der Waals surface area contributed by atoms with Crippen LogP contribution in [0.4, 0.5) is 5.69 Å². The third kappa shape index (κ3) is 4.83. The first-order valence-electron chi connectivity index (χ1n) is 15.1. The van der Waals surface area contributed by atoms with Crippen LogP contribution in [0.15, 0.2) is 43.5 Å². The average molecular weight is 566 g/mol. The smallest absolute Gasteiger partial charge is 0.253 e. The van der Waals surface area contributed by atoms with Crippen molar-refractivity contribution in [2.24, 2.45) is 11.8 Å². The quantitative estimate of drug-likeness (QED) is 0.363. The summed E-state index contributed by atoms with van der Waals surface area (Å²) in [6.07, 6.45) is 6.30. The molecule has 3 saturated heterocycles. The van der Waals surface area contributed by atoms with Crippen molar-refractivity contribution in [2.45, 2.75) is 90.0 Å². The van der Waals surface area contributed by atoms with E-state index in [4.69, 9.17) is 4.74 Å². The first-order chi connectivity index (χ1) is 19.6. The van der Waals surface area contributed by atoms with E-state index in [1.165, 1.54) is 0 Å². The second-order valence-electron chi connectivity index (χ2n) is 11.9. The molecule has 1 aromatic rings. The Kier molecular flexibility index (Phi) is 9.14. The molecule has 2 bridgehead atoms. The Hall–Kier alpha value is -2.97. The molecule has 1 spiro atoms. The minimum atomic E-state index is -1.16. The van der Waals surface area contributed by atoms with Crippen LogP contribution in [0, 0.1) is 25.7 Å². The molecule has 3 fully saturated rings. The number of benzene rings is 1. The summed E-state index contributed by atoms with van der Waals surface area (Å²) in [5, 5.41) is 10.4. The van der Waals surface area contributed by atoms with Crippen LogP contribution in [-0.4, -0.2) is 82.2 Å². The number of aryl methyl sites for hydroxylation is 2. The third-order valence-corrected chi connectivity index (χ3v) is 9.58. The van der Waals surface area contributed by atoms with Crippen molar-refractivity contribution in [1.82, 2.24) is 9.80 Å². The minimum Gasteiger partial charge on any atom is -0.394 e. The lowest BCUT2D eigenvalue weighted by atomic mass is 9.64. The number of hydrogen-bond acceptors (Lipinski definition) is 5. The standard InChI is InChI=1S/C33H47N3O5/c1-8-17-34(18-9-2)29(38)26-27-30(39)36(24(11-4)21-37)28(33(27)16-15-32(26,12-5)41-33)31(40)35(19-10-3)25-20-22(6)13-14-23(25)7/h8,10,13-14,20,24,26-28,37H,1,3,9,11-12,15-19,21H2,2,4-7H3/t24-,26+,27-,28?,32-,33?/m0/s1. The lowest BCUT2D eigenvalue weighted by Gasteiger charge is -2.39. The summed E-state index contributed by atoms with van der Waals surface area (Å²) in [5.74, 6) is -2.15. The largest absolute Gasteiger partial charge is 0.394 e. The fraction of sp³-hybridized carbons (Fsp3) is 0.606. The van der Waals surface area contributed by atoms with Gasteiger partial charge in [0.05, 0.1) is 30.1 Å². The van der Waals surface area contributed by atoms with Gasteiger partial charge in [0, 0.05) is 25.3 Å². The molecule has 41 heavy (non-hydrogen) atoms. The molecule has 8 nitrogen and oxygen atoms in total. The van der Waals surface area contributed by atoms with Crippen LogP contribution in [-0.2, 0) is 19.1 Å². The van der Waals surface area contributed by atoms with Gasteiger partial charge in [0.25, 0.3) is 5.91 Å². The zero-order chi connectivity index (χ0) is 30.1. The van der Waals surface area contributed by atoms with Gasteiger partial charge in [-0.05, 0) is 63.1 Å². The van der Waals surface area contributed by atoms with E-state index in [1.54, 1.807) is 26.9 Å². The van der Waals surface area contributed by atoms with Crippen molar-refractivity contribution in [2.75, 3.05) is 31.1 Å². The first kappa shape index (κ1) is 31.0. The Balaban J connectivity index is 1.89. The van der Waals surface area contributed by atoms with Crippen LogP contribution in [0.5, 0.6) is 0 Å². The van der Waals surface area contributed by atoms with E-state index in [0.29, 0.717) is 38.8 Å². The summed E-state index contributed by atoms with van der Waals surface area (Å²) < 4.78 is 6.96. The molecule has 1 aromatic carbocycles. The fourth-order valence-electron chi connectivity index (χ4n) is 7.63. The number of likely N-dealkylation sites (tertiary alicyclic amines) is 1. The van der Waals surface area contributed by atoms with Crippen molar-refractivity contribution in [3.05, 3.63) is 54.6 Å². The van der Waals surface area contributed by atoms with Crippen molar-refractivity contribution in [1.29, 1.82) is 0 Å². The van der Waals surface area contributed by atoms with Crippen molar-refractivity contribution >= 4 is 23.4 Å². The number of aliphatic hydroxyl groups excluding tert-OH is 1. The van der Waals surface area contributed by atoms with Gasteiger partial charge in [0.15, 0.2) is 0 Å². The van der Waals surface area contributed by atoms with Crippen LogP contribution in [0.25, 0.3) is 0 Å². The van der Waals surface area contributed by atoms with Gasteiger partial charge in [-0.1, -0.05) is 45.1 Å². The summed E-state index contributed by atoms with van der Waals surface area (Å²) in [6.45, 7) is 18.5. The highest BCUT2D eigenvalue weighted by molar-refractivity contribution is 6.05. The topological polar surface area (TPSA) is 90.4 Å². The summed E-state index contributed by atoms with van der Waals surface area (Å²) in [7, 11) is 0. The highest BCUT2D eigenvalue weighted by atomic mass is 16.5. The summed E-state index contributed by atoms with van der Waals surface area (Å²) >= 11 is 0. The number of ether oxygens (including phenoxy) is 1. The Bertz CT molecular complexity index is 1200. The number of nitrogens with zero attached hydrogens (tertiary/aromatic N) is 3. The molecule has 3 amide bonds. The number of hydrogen-bond donors (Lipinski definition) is 1. The van der Waals surface area contributed by atoms with E-state index < -0.39 is 35.1 Å². The summed E-state index contributed by atoms with van der Waals surface area (Å²) in [4.78, 5) is 48.7. The summed E-state index contributed by atoms with van der Waals surface area (Å²) in [5.41, 5.74) is 0.718. The molecule has 3 aliphatic rings.